The van der Waals surface area contributed by atoms with E-state index in [4.69, 9.17) is 22.1 Å². The number of hydrogen-bond donors (Lipinski definition) is 0. The van der Waals surface area contributed by atoms with Gasteiger partial charge in [-0.2, -0.15) is 11.8 Å². The Balaban J connectivity index is 2.24. The predicted octanol–water partition coefficient (Wildman–Crippen LogP) is 0.415. The van der Waals surface area contributed by atoms with Crippen LogP contribution >= 0.6 is 11.8 Å². The number of thioether (sulfide) groups is 1. The number of rotatable bonds is 3. The average molecular weight is 214 g/mol. The van der Waals surface area contributed by atoms with Crippen molar-refractivity contribution < 1.29 is 14.2 Å². The third-order valence-electron chi connectivity index (χ3n) is 3.26. The van der Waals surface area contributed by atoms with Gasteiger partial charge in [0.05, 0.1) is 11.4 Å². The molecule has 0 N–H and O–H groups in total. The second-order valence-electron chi connectivity index (χ2n) is 3.85. The number of methoxy groups -OCH3 is 2. The molecule has 0 aromatic rings. The van der Waals surface area contributed by atoms with Crippen LogP contribution in [0.3, 0.4) is 0 Å². The third-order valence-corrected chi connectivity index (χ3v) is 4.77. The van der Waals surface area contributed by atoms with E-state index in [-0.39, 0.29) is 29.1 Å². The fraction of sp³-hybridized carbons (Fsp3) is 1.00. The van der Waals surface area contributed by atoms with Crippen molar-refractivity contribution in [2.24, 2.45) is 0 Å². The summed E-state index contributed by atoms with van der Waals surface area (Å²) in [5.41, 5.74) is -0.349. The van der Waals surface area contributed by atoms with Gasteiger partial charge in [0.2, 0.25) is 0 Å². The second kappa shape index (κ2) is 3.70. The molecule has 5 heteroatoms. The third kappa shape index (κ3) is 1.26. The minimum absolute atomic E-state index is 0.0125. The summed E-state index contributed by atoms with van der Waals surface area (Å²) < 4.78 is 16.7. The summed E-state index contributed by atoms with van der Waals surface area (Å²) in [6, 6.07) is -0.226. The first-order valence-corrected chi connectivity index (χ1v) is 5.81. The predicted molar refractivity (Wildman–Crippen MR) is 56.9 cm³/mol. The van der Waals surface area contributed by atoms with Gasteiger partial charge in [0.25, 0.3) is 0 Å². The summed E-state index contributed by atoms with van der Waals surface area (Å²) in [6.45, 7) is 2.01. The molecule has 2 fully saturated rings. The Kier molecular flexibility index (Phi) is 2.86. The lowest BCUT2D eigenvalue weighted by molar-refractivity contribution is -0.135. The largest absolute Gasteiger partial charge is 0.379 e. The lowest BCUT2D eigenvalue weighted by Gasteiger charge is -2.35. The van der Waals surface area contributed by atoms with Crippen LogP contribution in [0.2, 0.25) is 0 Å². The van der Waals surface area contributed by atoms with Gasteiger partial charge in [0.15, 0.2) is 0 Å². The maximum atomic E-state index is 5.88. The summed E-state index contributed by atoms with van der Waals surface area (Å²) in [6.07, 6.45) is 0.0657. The van der Waals surface area contributed by atoms with E-state index in [1.165, 1.54) is 0 Å². The molecule has 78 valence electrons. The molecule has 2 heterocycles. The van der Waals surface area contributed by atoms with Crippen molar-refractivity contribution in [1.82, 2.24) is 0 Å². The lowest BCUT2D eigenvalue weighted by atomic mass is 9.90. The van der Waals surface area contributed by atoms with Crippen molar-refractivity contribution in [1.29, 1.82) is 0 Å². The van der Waals surface area contributed by atoms with Crippen molar-refractivity contribution in [2.75, 3.05) is 20.0 Å². The van der Waals surface area contributed by atoms with Gasteiger partial charge < -0.3 is 14.2 Å². The first kappa shape index (κ1) is 10.8. The molecule has 5 atom stereocenters. The van der Waals surface area contributed by atoms with E-state index < -0.39 is 0 Å². The monoisotopic (exact) mass is 214 g/mol. The molecule has 2 aliphatic rings. The van der Waals surface area contributed by atoms with Crippen molar-refractivity contribution in [3.8, 4) is 0 Å². The molecule has 2 bridgehead atoms. The molecule has 0 amide bonds. The van der Waals surface area contributed by atoms with Gasteiger partial charge in [0.1, 0.15) is 19.6 Å². The molecule has 2 radical (unpaired) electrons. The molecule has 3 nitrogen and oxygen atoms in total. The van der Waals surface area contributed by atoms with Gasteiger partial charge in [-0.3, -0.25) is 0 Å². The molecule has 0 aromatic carbocycles. The Morgan fingerprint density at radius 1 is 1.57 bits per heavy atom. The SMILES string of the molecule is [B][C@@H]1O[C@]2(C(C)OC)CS[C@H]1C2OC. The Labute approximate surface area is 90.3 Å². The summed E-state index contributed by atoms with van der Waals surface area (Å²) in [5.74, 6) is 0.902. The molecule has 2 unspecified atom stereocenters. The van der Waals surface area contributed by atoms with E-state index in [1.807, 2.05) is 18.7 Å². The van der Waals surface area contributed by atoms with Gasteiger partial charge in [-0.1, -0.05) is 0 Å². The van der Waals surface area contributed by atoms with E-state index in [9.17, 15) is 0 Å². The van der Waals surface area contributed by atoms with Crippen LogP contribution in [0.15, 0.2) is 0 Å². The maximum absolute atomic E-state index is 5.88. The minimum atomic E-state index is -0.349. The molecule has 0 spiro atoms. The van der Waals surface area contributed by atoms with Crippen LogP contribution in [-0.4, -0.2) is 56.9 Å². The van der Waals surface area contributed by atoms with Crippen molar-refractivity contribution in [3.63, 3.8) is 0 Å². The van der Waals surface area contributed by atoms with E-state index in [0.717, 1.165) is 5.75 Å². The van der Waals surface area contributed by atoms with Crippen LogP contribution < -0.4 is 0 Å². The standard InChI is InChI=1S/C9H15BO3S/c1-5(11-2)9-4-14-6(7(9)12-3)8(10)13-9/h5-8H,4H2,1-3H3/t5?,6-,7?,8+,9-/m0/s1. The van der Waals surface area contributed by atoms with Crippen LogP contribution in [0.1, 0.15) is 6.92 Å². The van der Waals surface area contributed by atoms with E-state index >= 15 is 0 Å². The zero-order chi connectivity index (χ0) is 10.3. The van der Waals surface area contributed by atoms with Crippen LogP contribution in [0.25, 0.3) is 0 Å². The molecule has 2 aliphatic heterocycles. The molecule has 0 aliphatic carbocycles. The van der Waals surface area contributed by atoms with Crippen LogP contribution in [-0.2, 0) is 14.2 Å². The van der Waals surface area contributed by atoms with Gasteiger partial charge in [0, 0.05) is 26.0 Å². The molecule has 14 heavy (non-hydrogen) atoms. The summed E-state index contributed by atoms with van der Waals surface area (Å²) in [5, 5.41) is 0.248. The first-order valence-electron chi connectivity index (χ1n) is 4.76. The highest BCUT2D eigenvalue weighted by Gasteiger charge is 2.62. The molecular weight excluding hydrogens is 199 g/mol. The fourth-order valence-electron chi connectivity index (χ4n) is 2.34. The summed E-state index contributed by atoms with van der Waals surface area (Å²) in [7, 11) is 9.29. The first-order chi connectivity index (χ1) is 6.65. The normalized spacial score (nSPS) is 48.4. The van der Waals surface area contributed by atoms with E-state index in [2.05, 4.69) is 0 Å². The Morgan fingerprint density at radius 2 is 2.29 bits per heavy atom. The number of ether oxygens (including phenoxy) is 3. The van der Waals surface area contributed by atoms with Gasteiger partial charge in [-0.05, 0) is 6.92 Å². The van der Waals surface area contributed by atoms with Gasteiger partial charge in [-0.25, -0.2) is 0 Å². The van der Waals surface area contributed by atoms with Crippen LogP contribution in [0, 0.1) is 0 Å². The molecule has 2 saturated heterocycles. The fourth-order valence-corrected chi connectivity index (χ4v) is 4.02. The highest BCUT2D eigenvalue weighted by molar-refractivity contribution is 8.00. The molecule has 0 saturated carbocycles. The molecular formula is C9H15BO3S. The Morgan fingerprint density at radius 3 is 2.79 bits per heavy atom. The van der Waals surface area contributed by atoms with Crippen LogP contribution in [0.4, 0.5) is 0 Å². The van der Waals surface area contributed by atoms with E-state index in [0.29, 0.717) is 0 Å². The topological polar surface area (TPSA) is 27.7 Å². The summed E-state index contributed by atoms with van der Waals surface area (Å²) in [4.78, 5) is 0. The quantitative estimate of drug-likeness (QED) is 0.636. The summed E-state index contributed by atoms with van der Waals surface area (Å²) >= 11 is 1.82. The lowest BCUT2D eigenvalue weighted by Crippen LogP contribution is -2.51. The van der Waals surface area contributed by atoms with Crippen molar-refractivity contribution in [2.45, 2.75) is 36.0 Å². The maximum Gasteiger partial charge on any atom is 0.129 e. The molecule has 2 rings (SSSR count). The Hall–Kier alpha value is 0.295. The number of fused-ring (bicyclic) bond motifs is 2. The highest BCUT2D eigenvalue weighted by atomic mass is 32.2. The van der Waals surface area contributed by atoms with Crippen molar-refractivity contribution >= 4 is 19.6 Å². The minimum Gasteiger partial charge on any atom is -0.379 e. The smallest absolute Gasteiger partial charge is 0.129 e. The number of hydrogen-bond acceptors (Lipinski definition) is 4. The van der Waals surface area contributed by atoms with Gasteiger partial charge in [-0.15, -0.1) is 0 Å². The van der Waals surface area contributed by atoms with Crippen LogP contribution in [0.5, 0.6) is 0 Å². The van der Waals surface area contributed by atoms with Gasteiger partial charge >= 0.3 is 0 Å². The van der Waals surface area contributed by atoms with Crippen molar-refractivity contribution in [3.05, 3.63) is 0 Å². The zero-order valence-corrected chi connectivity index (χ0v) is 9.54. The average Bonchev–Trinajstić information content (AvgIpc) is 2.68. The molecule has 0 aromatic heterocycles. The highest BCUT2D eigenvalue weighted by Crippen LogP contribution is 2.50. The zero-order valence-electron chi connectivity index (χ0n) is 8.73. The second-order valence-corrected chi connectivity index (χ2v) is 5.01. The van der Waals surface area contributed by atoms with E-state index in [1.54, 1.807) is 14.2 Å². The Bertz CT molecular complexity index is 228.